The maximum Gasteiger partial charge on any atom is 0.191 e. The molecular weight excluding hydrogens is 334 g/mol. The Bertz CT molecular complexity index is 496. The molecule has 1 fully saturated rings. The van der Waals surface area contributed by atoms with Crippen molar-refractivity contribution in [3.05, 3.63) is 28.7 Å². The Kier molecular flexibility index (Phi) is 5.87. The molecule has 116 valence electrons. The molecule has 0 spiro atoms. The van der Waals surface area contributed by atoms with Crippen molar-refractivity contribution >= 4 is 21.9 Å². The van der Waals surface area contributed by atoms with Crippen LogP contribution in [0.2, 0.25) is 0 Å². The van der Waals surface area contributed by atoms with Crippen molar-refractivity contribution in [1.29, 1.82) is 0 Å². The average Bonchev–Trinajstić information content (AvgIpc) is 2.47. The first kappa shape index (κ1) is 16.1. The number of ether oxygens (including phenoxy) is 2. The van der Waals surface area contributed by atoms with Gasteiger partial charge in [0.1, 0.15) is 11.9 Å². The fourth-order valence-electron chi connectivity index (χ4n) is 2.14. The second-order valence-corrected chi connectivity index (χ2v) is 6.04. The van der Waals surface area contributed by atoms with Gasteiger partial charge in [-0.3, -0.25) is 0 Å². The SMILES string of the molecule is CC1CN(C(N)=NCC(C)Oc2ccccc2Br)CCO1. The van der Waals surface area contributed by atoms with Gasteiger partial charge < -0.3 is 20.1 Å². The van der Waals surface area contributed by atoms with Gasteiger partial charge in [0.05, 0.1) is 23.7 Å². The summed E-state index contributed by atoms with van der Waals surface area (Å²) in [6.45, 7) is 6.82. The lowest BCUT2D eigenvalue weighted by molar-refractivity contribution is 0.00525. The minimum atomic E-state index is -0.0410. The molecule has 0 saturated carbocycles. The van der Waals surface area contributed by atoms with Crippen LogP contribution in [-0.2, 0) is 4.74 Å². The summed E-state index contributed by atoms with van der Waals surface area (Å²) >= 11 is 3.47. The second-order valence-electron chi connectivity index (χ2n) is 5.19. The lowest BCUT2D eigenvalue weighted by Gasteiger charge is -2.32. The van der Waals surface area contributed by atoms with Crippen LogP contribution < -0.4 is 10.5 Å². The van der Waals surface area contributed by atoms with E-state index in [0.717, 1.165) is 23.3 Å². The summed E-state index contributed by atoms with van der Waals surface area (Å²) in [5.41, 5.74) is 6.04. The van der Waals surface area contributed by atoms with Crippen LogP contribution in [0.5, 0.6) is 5.75 Å². The highest BCUT2D eigenvalue weighted by molar-refractivity contribution is 9.10. The summed E-state index contributed by atoms with van der Waals surface area (Å²) in [6.07, 6.45) is 0.155. The van der Waals surface area contributed by atoms with Crippen molar-refractivity contribution in [2.75, 3.05) is 26.2 Å². The van der Waals surface area contributed by atoms with E-state index in [1.165, 1.54) is 0 Å². The quantitative estimate of drug-likeness (QED) is 0.664. The van der Waals surface area contributed by atoms with Gasteiger partial charge in [-0.15, -0.1) is 0 Å². The minimum Gasteiger partial charge on any atom is -0.488 e. The van der Waals surface area contributed by atoms with E-state index in [2.05, 4.69) is 25.8 Å². The number of guanidine groups is 1. The molecule has 1 aliphatic rings. The van der Waals surface area contributed by atoms with Crippen molar-refractivity contribution in [1.82, 2.24) is 4.90 Å². The highest BCUT2D eigenvalue weighted by Gasteiger charge is 2.18. The average molecular weight is 356 g/mol. The Hall–Kier alpha value is -1.27. The Labute approximate surface area is 134 Å². The Balaban J connectivity index is 1.86. The Morgan fingerprint density at radius 3 is 3.05 bits per heavy atom. The number of benzene rings is 1. The van der Waals surface area contributed by atoms with Gasteiger partial charge >= 0.3 is 0 Å². The number of nitrogens with two attached hydrogens (primary N) is 1. The maximum absolute atomic E-state index is 6.04. The van der Waals surface area contributed by atoms with Crippen LogP contribution >= 0.6 is 15.9 Å². The third-order valence-corrected chi connectivity index (χ3v) is 3.90. The lowest BCUT2D eigenvalue weighted by atomic mass is 10.3. The molecule has 0 aliphatic carbocycles. The fourth-order valence-corrected chi connectivity index (χ4v) is 2.52. The van der Waals surface area contributed by atoms with E-state index in [4.69, 9.17) is 15.2 Å². The summed E-state index contributed by atoms with van der Waals surface area (Å²) in [7, 11) is 0. The van der Waals surface area contributed by atoms with Gasteiger partial charge in [-0.05, 0) is 41.9 Å². The monoisotopic (exact) mass is 355 g/mol. The highest BCUT2D eigenvalue weighted by Crippen LogP contribution is 2.24. The molecule has 2 atom stereocenters. The third-order valence-electron chi connectivity index (χ3n) is 3.24. The zero-order chi connectivity index (χ0) is 15.2. The molecule has 1 aromatic carbocycles. The minimum absolute atomic E-state index is 0.0410. The Morgan fingerprint density at radius 2 is 2.33 bits per heavy atom. The van der Waals surface area contributed by atoms with Gasteiger partial charge in [-0.2, -0.15) is 0 Å². The first-order valence-electron chi connectivity index (χ1n) is 7.14. The fraction of sp³-hybridized carbons (Fsp3) is 0.533. The molecule has 0 aromatic heterocycles. The maximum atomic E-state index is 6.04. The molecule has 2 rings (SSSR count). The number of halogens is 1. The second kappa shape index (κ2) is 7.66. The van der Waals surface area contributed by atoms with Gasteiger partial charge in [0, 0.05) is 13.1 Å². The van der Waals surface area contributed by atoms with Crippen LogP contribution in [0.3, 0.4) is 0 Å². The zero-order valence-electron chi connectivity index (χ0n) is 12.5. The molecule has 0 amide bonds. The molecule has 0 bridgehead atoms. The van der Waals surface area contributed by atoms with Crippen LogP contribution in [0.15, 0.2) is 33.7 Å². The smallest absolute Gasteiger partial charge is 0.191 e. The predicted molar refractivity (Wildman–Crippen MR) is 87.7 cm³/mol. The highest BCUT2D eigenvalue weighted by atomic mass is 79.9. The summed E-state index contributed by atoms with van der Waals surface area (Å²) in [5.74, 6) is 1.38. The molecule has 0 radical (unpaired) electrons. The molecule has 1 saturated heterocycles. The molecule has 1 aliphatic heterocycles. The van der Waals surface area contributed by atoms with Gasteiger partial charge in [-0.25, -0.2) is 4.99 Å². The van der Waals surface area contributed by atoms with Crippen molar-refractivity contribution in [3.63, 3.8) is 0 Å². The van der Waals surface area contributed by atoms with E-state index >= 15 is 0 Å². The van der Waals surface area contributed by atoms with E-state index in [9.17, 15) is 0 Å². The molecule has 2 N–H and O–H groups in total. The lowest BCUT2D eigenvalue weighted by Crippen LogP contribution is -2.48. The number of aliphatic imine (C=N–C) groups is 1. The number of nitrogens with zero attached hydrogens (tertiary/aromatic N) is 2. The number of rotatable bonds is 4. The first-order chi connectivity index (χ1) is 10.1. The Morgan fingerprint density at radius 1 is 1.57 bits per heavy atom. The predicted octanol–water partition coefficient (Wildman–Crippen LogP) is 2.25. The van der Waals surface area contributed by atoms with Crippen molar-refractivity contribution < 1.29 is 9.47 Å². The van der Waals surface area contributed by atoms with E-state index in [1.807, 2.05) is 38.1 Å². The molecule has 21 heavy (non-hydrogen) atoms. The summed E-state index contributed by atoms with van der Waals surface area (Å²) < 4.78 is 12.3. The first-order valence-corrected chi connectivity index (χ1v) is 7.93. The number of morpholine rings is 1. The third kappa shape index (κ3) is 4.89. The standard InChI is InChI=1S/C15H22BrN3O2/c1-11(21-14-6-4-3-5-13(14)16)9-18-15(17)19-7-8-20-12(2)10-19/h3-6,11-12H,7-10H2,1-2H3,(H2,17,18). The van der Waals surface area contributed by atoms with Crippen LogP contribution in [0.1, 0.15) is 13.8 Å². The van der Waals surface area contributed by atoms with Crippen LogP contribution in [0, 0.1) is 0 Å². The summed E-state index contributed by atoms with van der Waals surface area (Å²) in [4.78, 5) is 6.49. The van der Waals surface area contributed by atoms with Crippen molar-refractivity contribution in [2.45, 2.75) is 26.1 Å². The zero-order valence-corrected chi connectivity index (χ0v) is 14.0. The van der Waals surface area contributed by atoms with Gasteiger partial charge in [0.25, 0.3) is 0 Å². The molecule has 1 heterocycles. The van der Waals surface area contributed by atoms with E-state index in [0.29, 0.717) is 19.1 Å². The van der Waals surface area contributed by atoms with Crippen molar-refractivity contribution in [2.24, 2.45) is 10.7 Å². The van der Waals surface area contributed by atoms with E-state index < -0.39 is 0 Å². The number of hydrogen-bond donors (Lipinski definition) is 1. The van der Waals surface area contributed by atoms with Crippen LogP contribution in [-0.4, -0.2) is 49.3 Å². The molecule has 5 nitrogen and oxygen atoms in total. The topological polar surface area (TPSA) is 60.1 Å². The van der Waals surface area contributed by atoms with Gasteiger partial charge in [0.15, 0.2) is 5.96 Å². The van der Waals surface area contributed by atoms with E-state index in [-0.39, 0.29) is 12.2 Å². The molecule has 2 unspecified atom stereocenters. The number of hydrogen-bond acceptors (Lipinski definition) is 3. The molecule has 1 aromatic rings. The van der Waals surface area contributed by atoms with E-state index in [1.54, 1.807) is 0 Å². The van der Waals surface area contributed by atoms with Crippen LogP contribution in [0.25, 0.3) is 0 Å². The molecule has 6 heteroatoms. The number of para-hydroxylation sites is 1. The largest absolute Gasteiger partial charge is 0.488 e. The molecular formula is C15H22BrN3O2. The summed E-state index contributed by atoms with van der Waals surface area (Å²) in [5, 5.41) is 0. The normalized spacial score (nSPS) is 21.2. The van der Waals surface area contributed by atoms with Crippen molar-refractivity contribution in [3.8, 4) is 5.75 Å². The summed E-state index contributed by atoms with van der Waals surface area (Å²) in [6, 6.07) is 7.78. The van der Waals surface area contributed by atoms with Crippen LogP contribution in [0.4, 0.5) is 0 Å². The van der Waals surface area contributed by atoms with Gasteiger partial charge in [-0.1, -0.05) is 12.1 Å². The van der Waals surface area contributed by atoms with Gasteiger partial charge in [0.2, 0.25) is 0 Å².